The van der Waals surface area contributed by atoms with Crippen molar-refractivity contribution in [2.45, 2.75) is 20.0 Å². The first kappa shape index (κ1) is 18.0. The highest BCUT2D eigenvalue weighted by molar-refractivity contribution is 6.30. The van der Waals surface area contributed by atoms with Crippen LogP contribution in [0.1, 0.15) is 34.4 Å². The van der Waals surface area contributed by atoms with Crippen LogP contribution in [-0.4, -0.2) is 17.6 Å². The molecular weight excluding hydrogens is 354 g/mol. The number of esters is 1. The van der Waals surface area contributed by atoms with Gasteiger partial charge in [0.15, 0.2) is 0 Å². The zero-order valence-electron chi connectivity index (χ0n) is 14.3. The first-order valence-corrected chi connectivity index (χ1v) is 8.59. The Balaban J connectivity index is 1.74. The number of halogens is 1. The molecule has 0 N–H and O–H groups in total. The van der Waals surface area contributed by atoms with Gasteiger partial charge in [0.2, 0.25) is 5.76 Å². The average molecular weight is 372 g/mol. The second kappa shape index (κ2) is 8.54. The number of hydrogen-bond donors (Lipinski definition) is 0. The number of carbonyl (C=O) groups is 1. The van der Waals surface area contributed by atoms with Crippen LogP contribution in [0, 0.1) is 0 Å². The number of aromatic nitrogens is 1. The average Bonchev–Trinajstić information content (AvgIpc) is 3.11. The zero-order valence-corrected chi connectivity index (χ0v) is 15.0. The second-order valence-corrected chi connectivity index (χ2v) is 6.00. The van der Waals surface area contributed by atoms with E-state index in [1.807, 2.05) is 24.3 Å². The van der Waals surface area contributed by atoms with Gasteiger partial charge in [0.05, 0.1) is 6.61 Å². The number of nitrogens with zero attached hydrogens (tertiary/aromatic N) is 1. The van der Waals surface area contributed by atoms with Gasteiger partial charge in [-0.25, -0.2) is 4.79 Å². The molecule has 0 aliphatic heterocycles. The number of furan rings is 1. The fourth-order valence-electron chi connectivity index (χ4n) is 2.44. The maximum absolute atomic E-state index is 11.7. The Morgan fingerprint density at radius 2 is 2.12 bits per heavy atom. The maximum Gasteiger partial charge on any atom is 0.374 e. The first-order valence-electron chi connectivity index (χ1n) is 8.21. The molecule has 0 bridgehead atoms. The van der Waals surface area contributed by atoms with Gasteiger partial charge in [-0.1, -0.05) is 17.7 Å². The van der Waals surface area contributed by atoms with Crippen molar-refractivity contribution >= 4 is 17.6 Å². The third-order valence-electron chi connectivity index (χ3n) is 3.64. The summed E-state index contributed by atoms with van der Waals surface area (Å²) in [5.74, 6) is 1.04. The predicted octanol–water partition coefficient (Wildman–Crippen LogP) is 4.67. The summed E-state index contributed by atoms with van der Waals surface area (Å²) >= 11 is 6.13. The predicted molar refractivity (Wildman–Crippen MR) is 97.5 cm³/mol. The van der Waals surface area contributed by atoms with Crippen LogP contribution in [0.4, 0.5) is 0 Å². The van der Waals surface area contributed by atoms with E-state index in [1.165, 1.54) is 0 Å². The van der Waals surface area contributed by atoms with Crippen LogP contribution in [-0.2, 0) is 17.8 Å². The van der Waals surface area contributed by atoms with Gasteiger partial charge < -0.3 is 13.9 Å². The molecule has 3 aromatic rings. The molecule has 0 fully saturated rings. The molecule has 0 aliphatic rings. The van der Waals surface area contributed by atoms with E-state index in [1.54, 1.807) is 37.5 Å². The SMILES string of the molecule is CCOC(=O)c1ccc(Cc2cc(Cl)ccc2OCc2cccnc2)o1. The Bertz CT molecular complexity index is 877. The minimum atomic E-state index is -0.474. The smallest absolute Gasteiger partial charge is 0.374 e. The molecule has 0 spiro atoms. The van der Waals surface area contributed by atoms with Crippen molar-refractivity contribution in [1.82, 2.24) is 4.98 Å². The van der Waals surface area contributed by atoms with Gasteiger partial charge in [0, 0.05) is 35.0 Å². The van der Waals surface area contributed by atoms with E-state index >= 15 is 0 Å². The van der Waals surface area contributed by atoms with Crippen molar-refractivity contribution in [2.24, 2.45) is 0 Å². The minimum absolute atomic E-state index is 0.182. The first-order chi connectivity index (χ1) is 12.7. The number of pyridine rings is 1. The molecule has 0 radical (unpaired) electrons. The highest BCUT2D eigenvalue weighted by Crippen LogP contribution is 2.27. The Labute approximate surface area is 156 Å². The lowest BCUT2D eigenvalue weighted by Crippen LogP contribution is -2.02. The highest BCUT2D eigenvalue weighted by Gasteiger charge is 2.14. The van der Waals surface area contributed by atoms with E-state index in [2.05, 4.69) is 4.98 Å². The lowest BCUT2D eigenvalue weighted by molar-refractivity contribution is 0.0488. The maximum atomic E-state index is 11.7. The Hall–Kier alpha value is -2.79. The lowest BCUT2D eigenvalue weighted by atomic mass is 10.1. The fourth-order valence-corrected chi connectivity index (χ4v) is 2.64. The van der Waals surface area contributed by atoms with E-state index in [0.29, 0.717) is 36.2 Å². The van der Waals surface area contributed by atoms with Crippen LogP contribution in [0.15, 0.2) is 59.3 Å². The van der Waals surface area contributed by atoms with Gasteiger partial charge in [-0.3, -0.25) is 4.98 Å². The Kier molecular flexibility index (Phi) is 5.92. The van der Waals surface area contributed by atoms with Gasteiger partial charge in [0.1, 0.15) is 18.1 Å². The van der Waals surface area contributed by atoms with Gasteiger partial charge in [-0.05, 0) is 43.3 Å². The molecule has 2 heterocycles. The summed E-state index contributed by atoms with van der Waals surface area (Å²) in [5, 5.41) is 0.603. The van der Waals surface area contributed by atoms with Gasteiger partial charge in [0.25, 0.3) is 0 Å². The largest absolute Gasteiger partial charge is 0.489 e. The number of benzene rings is 1. The molecule has 6 heteroatoms. The topological polar surface area (TPSA) is 61.6 Å². The quantitative estimate of drug-likeness (QED) is 0.564. The van der Waals surface area contributed by atoms with E-state index < -0.39 is 5.97 Å². The monoisotopic (exact) mass is 371 g/mol. The van der Waals surface area contributed by atoms with Crippen molar-refractivity contribution in [1.29, 1.82) is 0 Å². The summed E-state index contributed by atoms with van der Waals surface area (Å²) < 4.78 is 16.4. The van der Waals surface area contributed by atoms with Crippen molar-refractivity contribution in [2.75, 3.05) is 6.61 Å². The second-order valence-electron chi connectivity index (χ2n) is 5.57. The summed E-state index contributed by atoms with van der Waals surface area (Å²) in [5.41, 5.74) is 1.84. The molecule has 26 heavy (non-hydrogen) atoms. The third-order valence-corrected chi connectivity index (χ3v) is 3.88. The van der Waals surface area contributed by atoms with E-state index in [-0.39, 0.29) is 5.76 Å². The highest BCUT2D eigenvalue weighted by atomic mass is 35.5. The van der Waals surface area contributed by atoms with Crippen molar-refractivity contribution < 1.29 is 18.7 Å². The van der Waals surface area contributed by atoms with Crippen molar-refractivity contribution in [3.05, 3.63) is 82.5 Å². The van der Waals surface area contributed by atoms with Crippen molar-refractivity contribution in [3.8, 4) is 5.75 Å². The Morgan fingerprint density at radius 1 is 1.23 bits per heavy atom. The van der Waals surface area contributed by atoms with Crippen LogP contribution in [0.3, 0.4) is 0 Å². The molecule has 0 saturated heterocycles. The van der Waals surface area contributed by atoms with Crippen LogP contribution in [0.5, 0.6) is 5.75 Å². The van der Waals surface area contributed by atoms with Gasteiger partial charge in [-0.15, -0.1) is 0 Å². The van der Waals surface area contributed by atoms with E-state index in [0.717, 1.165) is 11.1 Å². The molecule has 0 saturated carbocycles. The molecule has 0 unspecified atom stereocenters. The molecule has 5 nitrogen and oxygen atoms in total. The number of rotatable bonds is 7. The van der Waals surface area contributed by atoms with Crippen LogP contribution in [0.2, 0.25) is 5.02 Å². The molecule has 2 aromatic heterocycles. The van der Waals surface area contributed by atoms with Crippen LogP contribution in [0.25, 0.3) is 0 Å². The third kappa shape index (κ3) is 4.64. The van der Waals surface area contributed by atoms with Crippen LogP contribution < -0.4 is 4.74 Å². The summed E-state index contributed by atoms with van der Waals surface area (Å²) in [6.45, 7) is 2.45. The molecule has 1 aromatic carbocycles. The fraction of sp³-hybridized carbons (Fsp3) is 0.200. The molecular formula is C20H18ClNO4. The molecule has 0 atom stereocenters. The number of hydrogen-bond acceptors (Lipinski definition) is 5. The summed E-state index contributed by atoms with van der Waals surface area (Å²) in [7, 11) is 0. The zero-order chi connectivity index (χ0) is 18.4. The standard InChI is InChI=1S/C20H18ClNO4/c1-2-24-20(23)19-8-6-17(26-19)11-15-10-16(21)5-7-18(15)25-13-14-4-3-9-22-12-14/h3-10,12H,2,11,13H2,1H3. The van der Waals surface area contributed by atoms with E-state index in [9.17, 15) is 4.79 Å². The molecule has 0 aliphatic carbocycles. The van der Waals surface area contributed by atoms with Crippen LogP contribution >= 0.6 is 11.6 Å². The van der Waals surface area contributed by atoms with Gasteiger partial charge in [-0.2, -0.15) is 0 Å². The molecule has 0 amide bonds. The normalized spacial score (nSPS) is 10.5. The lowest BCUT2D eigenvalue weighted by Gasteiger charge is -2.11. The minimum Gasteiger partial charge on any atom is -0.489 e. The van der Waals surface area contributed by atoms with E-state index in [4.69, 9.17) is 25.5 Å². The Morgan fingerprint density at radius 3 is 2.88 bits per heavy atom. The molecule has 134 valence electrons. The number of carbonyl (C=O) groups excluding carboxylic acids is 1. The summed E-state index contributed by atoms with van der Waals surface area (Å²) in [6, 6.07) is 12.6. The molecule has 3 rings (SSSR count). The number of ether oxygens (including phenoxy) is 2. The van der Waals surface area contributed by atoms with Crippen molar-refractivity contribution in [3.63, 3.8) is 0 Å². The summed E-state index contributed by atoms with van der Waals surface area (Å²) in [4.78, 5) is 15.8. The van der Waals surface area contributed by atoms with Gasteiger partial charge >= 0.3 is 5.97 Å². The summed E-state index contributed by atoms with van der Waals surface area (Å²) in [6.07, 6.45) is 3.92.